The van der Waals surface area contributed by atoms with Gasteiger partial charge in [0.15, 0.2) is 5.96 Å². The second kappa shape index (κ2) is 10.5. The SMILES string of the molecule is CN=C(NCC(=O)N(C)CCc1ccccn1)N1CCCC(CC(N)=O)C1. The van der Waals surface area contributed by atoms with Crippen molar-refractivity contribution < 1.29 is 9.59 Å². The summed E-state index contributed by atoms with van der Waals surface area (Å²) in [4.78, 5) is 35.9. The first-order valence-electron chi connectivity index (χ1n) is 9.37. The molecular weight excluding hydrogens is 344 g/mol. The summed E-state index contributed by atoms with van der Waals surface area (Å²) >= 11 is 0. The van der Waals surface area contributed by atoms with Crippen molar-refractivity contribution in [1.82, 2.24) is 20.1 Å². The lowest BCUT2D eigenvalue weighted by atomic mass is 9.95. The normalized spacial score (nSPS) is 17.5. The Hall–Kier alpha value is -2.64. The molecule has 2 amide bonds. The van der Waals surface area contributed by atoms with E-state index in [1.807, 2.05) is 18.2 Å². The molecule has 0 spiro atoms. The van der Waals surface area contributed by atoms with E-state index in [1.165, 1.54) is 0 Å². The summed E-state index contributed by atoms with van der Waals surface area (Å²) in [6, 6.07) is 5.78. The Labute approximate surface area is 160 Å². The van der Waals surface area contributed by atoms with Gasteiger partial charge in [0, 0.05) is 58.5 Å². The van der Waals surface area contributed by atoms with E-state index in [2.05, 4.69) is 20.2 Å². The summed E-state index contributed by atoms with van der Waals surface area (Å²) in [6.45, 7) is 2.38. The summed E-state index contributed by atoms with van der Waals surface area (Å²) in [5.41, 5.74) is 6.29. The summed E-state index contributed by atoms with van der Waals surface area (Å²) in [5.74, 6) is 0.662. The van der Waals surface area contributed by atoms with Gasteiger partial charge in [-0.1, -0.05) is 6.07 Å². The second-order valence-electron chi connectivity index (χ2n) is 6.91. The molecule has 2 heterocycles. The minimum absolute atomic E-state index is 0.00206. The lowest BCUT2D eigenvalue weighted by Crippen LogP contribution is -2.49. The molecule has 1 fully saturated rings. The largest absolute Gasteiger partial charge is 0.370 e. The predicted octanol–water partition coefficient (Wildman–Crippen LogP) is 0.245. The van der Waals surface area contributed by atoms with Gasteiger partial charge in [-0.2, -0.15) is 0 Å². The van der Waals surface area contributed by atoms with Crippen LogP contribution in [0, 0.1) is 5.92 Å². The zero-order valence-corrected chi connectivity index (χ0v) is 16.2. The van der Waals surface area contributed by atoms with Crippen molar-refractivity contribution >= 4 is 17.8 Å². The average Bonchev–Trinajstić information content (AvgIpc) is 2.67. The number of carbonyl (C=O) groups excluding carboxylic acids is 2. The van der Waals surface area contributed by atoms with Crippen LogP contribution < -0.4 is 11.1 Å². The van der Waals surface area contributed by atoms with Gasteiger partial charge in [0.05, 0.1) is 6.54 Å². The number of hydrogen-bond acceptors (Lipinski definition) is 4. The monoisotopic (exact) mass is 374 g/mol. The van der Waals surface area contributed by atoms with Crippen LogP contribution in [-0.2, 0) is 16.0 Å². The molecule has 27 heavy (non-hydrogen) atoms. The van der Waals surface area contributed by atoms with Crippen LogP contribution in [0.2, 0.25) is 0 Å². The van der Waals surface area contributed by atoms with Gasteiger partial charge in [0.25, 0.3) is 0 Å². The maximum absolute atomic E-state index is 12.4. The number of likely N-dealkylation sites (N-methyl/N-ethyl adjacent to an activating group) is 1. The molecule has 1 aliphatic rings. The highest BCUT2D eigenvalue weighted by Gasteiger charge is 2.24. The minimum atomic E-state index is -0.269. The summed E-state index contributed by atoms with van der Waals surface area (Å²) in [7, 11) is 3.49. The quantitative estimate of drug-likeness (QED) is 0.526. The number of carbonyl (C=O) groups is 2. The Morgan fingerprint density at radius 3 is 2.93 bits per heavy atom. The Kier molecular flexibility index (Phi) is 8.03. The second-order valence-corrected chi connectivity index (χ2v) is 6.91. The Balaban J connectivity index is 1.78. The fraction of sp³-hybridized carbons (Fsp3) is 0.579. The van der Waals surface area contributed by atoms with E-state index in [9.17, 15) is 9.59 Å². The van der Waals surface area contributed by atoms with Crippen molar-refractivity contribution in [2.75, 3.05) is 40.3 Å². The average molecular weight is 374 g/mol. The highest BCUT2D eigenvalue weighted by atomic mass is 16.2. The molecule has 8 heteroatoms. The van der Waals surface area contributed by atoms with Gasteiger partial charge in [0.2, 0.25) is 11.8 Å². The van der Waals surface area contributed by atoms with Crippen molar-refractivity contribution in [1.29, 1.82) is 0 Å². The number of nitrogens with zero attached hydrogens (tertiary/aromatic N) is 4. The van der Waals surface area contributed by atoms with Gasteiger partial charge < -0.3 is 20.9 Å². The summed E-state index contributed by atoms with van der Waals surface area (Å²) < 4.78 is 0. The Bertz CT molecular complexity index is 649. The van der Waals surface area contributed by atoms with Crippen molar-refractivity contribution in [3.63, 3.8) is 0 Å². The summed E-state index contributed by atoms with van der Waals surface area (Å²) in [5, 5.41) is 3.14. The Morgan fingerprint density at radius 1 is 1.44 bits per heavy atom. The number of nitrogens with one attached hydrogen (secondary N) is 1. The van der Waals surface area contributed by atoms with E-state index in [4.69, 9.17) is 5.73 Å². The van der Waals surface area contributed by atoms with E-state index < -0.39 is 0 Å². The molecule has 0 radical (unpaired) electrons. The molecule has 1 atom stereocenters. The van der Waals surface area contributed by atoms with Gasteiger partial charge in [-0.05, 0) is 30.9 Å². The van der Waals surface area contributed by atoms with Gasteiger partial charge in [-0.3, -0.25) is 19.6 Å². The van der Waals surface area contributed by atoms with Gasteiger partial charge in [-0.25, -0.2) is 0 Å². The fourth-order valence-electron chi connectivity index (χ4n) is 3.28. The number of guanidine groups is 1. The first kappa shape index (κ1) is 20.7. The lowest BCUT2D eigenvalue weighted by Gasteiger charge is -2.34. The van der Waals surface area contributed by atoms with E-state index in [0.717, 1.165) is 38.0 Å². The van der Waals surface area contributed by atoms with Crippen LogP contribution in [0.3, 0.4) is 0 Å². The Morgan fingerprint density at radius 2 is 2.26 bits per heavy atom. The number of likely N-dealkylation sites (tertiary alicyclic amines) is 1. The lowest BCUT2D eigenvalue weighted by molar-refractivity contribution is -0.128. The van der Waals surface area contributed by atoms with E-state index >= 15 is 0 Å². The third-order valence-corrected chi connectivity index (χ3v) is 4.77. The third-order valence-electron chi connectivity index (χ3n) is 4.77. The number of rotatable bonds is 7. The molecule has 0 aromatic carbocycles. The maximum atomic E-state index is 12.4. The topological polar surface area (TPSA) is 104 Å². The zero-order valence-electron chi connectivity index (χ0n) is 16.2. The van der Waals surface area contributed by atoms with E-state index in [-0.39, 0.29) is 24.3 Å². The van der Waals surface area contributed by atoms with E-state index in [1.54, 1.807) is 25.2 Å². The number of hydrogen-bond donors (Lipinski definition) is 2. The number of nitrogens with two attached hydrogens (primary N) is 1. The van der Waals surface area contributed by atoms with E-state index in [0.29, 0.717) is 18.9 Å². The molecule has 1 aromatic rings. The van der Waals surface area contributed by atoms with Crippen LogP contribution in [0.4, 0.5) is 0 Å². The molecule has 1 unspecified atom stereocenters. The van der Waals surface area contributed by atoms with Crippen LogP contribution in [0.1, 0.15) is 25.0 Å². The van der Waals surface area contributed by atoms with Crippen LogP contribution in [0.15, 0.2) is 29.4 Å². The molecule has 3 N–H and O–H groups in total. The fourth-order valence-corrected chi connectivity index (χ4v) is 3.28. The van der Waals surface area contributed by atoms with Crippen LogP contribution >= 0.6 is 0 Å². The van der Waals surface area contributed by atoms with Crippen molar-refractivity contribution in [2.45, 2.75) is 25.7 Å². The van der Waals surface area contributed by atoms with Gasteiger partial charge >= 0.3 is 0 Å². The van der Waals surface area contributed by atoms with Crippen molar-refractivity contribution in [3.8, 4) is 0 Å². The van der Waals surface area contributed by atoms with Crippen molar-refractivity contribution in [3.05, 3.63) is 30.1 Å². The first-order chi connectivity index (χ1) is 13.0. The molecule has 1 saturated heterocycles. The van der Waals surface area contributed by atoms with Crippen LogP contribution in [0.25, 0.3) is 0 Å². The van der Waals surface area contributed by atoms with Gasteiger partial charge in [-0.15, -0.1) is 0 Å². The third kappa shape index (κ3) is 6.88. The minimum Gasteiger partial charge on any atom is -0.370 e. The highest BCUT2D eigenvalue weighted by Crippen LogP contribution is 2.19. The maximum Gasteiger partial charge on any atom is 0.241 e. The molecule has 148 valence electrons. The molecule has 0 aliphatic carbocycles. The molecule has 1 aliphatic heterocycles. The number of piperidine rings is 1. The zero-order chi connectivity index (χ0) is 19.6. The molecule has 0 bridgehead atoms. The highest BCUT2D eigenvalue weighted by molar-refractivity contribution is 5.86. The van der Waals surface area contributed by atoms with Crippen LogP contribution in [0.5, 0.6) is 0 Å². The number of pyridine rings is 1. The van der Waals surface area contributed by atoms with Gasteiger partial charge in [0.1, 0.15) is 0 Å². The molecule has 8 nitrogen and oxygen atoms in total. The first-order valence-corrected chi connectivity index (χ1v) is 9.37. The molecular formula is C19H30N6O2. The summed E-state index contributed by atoms with van der Waals surface area (Å²) in [6.07, 6.45) is 4.84. The smallest absolute Gasteiger partial charge is 0.241 e. The van der Waals surface area contributed by atoms with Crippen molar-refractivity contribution in [2.24, 2.45) is 16.6 Å². The molecule has 2 rings (SSSR count). The number of amides is 2. The molecule has 1 aromatic heterocycles. The van der Waals surface area contributed by atoms with Crippen LogP contribution in [-0.4, -0.2) is 72.8 Å². The number of primary amides is 1. The molecule has 0 saturated carbocycles. The predicted molar refractivity (Wildman–Crippen MR) is 105 cm³/mol. The standard InChI is InChI=1S/C19H30N6O2/c1-21-19(25-10-5-6-15(14-25)12-17(20)26)23-13-18(27)24(2)11-8-16-7-3-4-9-22-16/h3-4,7,9,15H,5-6,8,10-14H2,1-2H3,(H2,20,26)(H,21,23). The number of aliphatic imine (C=N–C) groups is 1. The number of aromatic nitrogens is 1.